The van der Waals surface area contributed by atoms with Crippen molar-refractivity contribution >= 4 is 11.9 Å². The third-order valence-electron chi connectivity index (χ3n) is 4.77. The maximum atomic E-state index is 12.2. The van der Waals surface area contributed by atoms with E-state index >= 15 is 0 Å². The van der Waals surface area contributed by atoms with Gasteiger partial charge >= 0.3 is 0 Å². The summed E-state index contributed by atoms with van der Waals surface area (Å²) in [6.45, 7) is 6.28. The second-order valence-electron chi connectivity index (χ2n) is 6.54. The van der Waals surface area contributed by atoms with Gasteiger partial charge in [0, 0.05) is 32.1 Å². The number of para-hydroxylation sites is 1. The zero-order chi connectivity index (χ0) is 17.5. The molecule has 0 spiro atoms. The maximum absolute atomic E-state index is 12.2. The van der Waals surface area contributed by atoms with Gasteiger partial charge in [-0.1, -0.05) is 18.2 Å². The Hall–Kier alpha value is -2.24. The van der Waals surface area contributed by atoms with E-state index in [-0.39, 0.29) is 12.5 Å². The van der Waals surface area contributed by atoms with E-state index in [1.54, 1.807) is 0 Å². The van der Waals surface area contributed by atoms with Gasteiger partial charge in [0.25, 0.3) is 0 Å². The highest BCUT2D eigenvalue weighted by Gasteiger charge is 2.21. The van der Waals surface area contributed by atoms with Crippen molar-refractivity contribution in [1.82, 2.24) is 15.5 Å². The summed E-state index contributed by atoms with van der Waals surface area (Å²) in [6, 6.07) is 8.20. The smallest absolute Gasteiger partial charge is 0.244 e. The van der Waals surface area contributed by atoms with E-state index < -0.39 is 0 Å². The topological polar surface area (TPSA) is 66.0 Å². The van der Waals surface area contributed by atoms with Gasteiger partial charge in [0.15, 0.2) is 5.96 Å². The van der Waals surface area contributed by atoms with Crippen LogP contribution in [0.15, 0.2) is 29.3 Å². The van der Waals surface area contributed by atoms with Crippen LogP contribution < -0.4 is 15.4 Å². The van der Waals surface area contributed by atoms with E-state index in [0.29, 0.717) is 11.9 Å². The van der Waals surface area contributed by atoms with Crippen LogP contribution in [0.1, 0.15) is 37.7 Å². The number of ether oxygens (including phenoxy) is 1. The molecule has 1 fully saturated rings. The maximum Gasteiger partial charge on any atom is 0.244 e. The van der Waals surface area contributed by atoms with Crippen molar-refractivity contribution in [3.05, 3.63) is 29.8 Å². The quantitative estimate of drug-likeness (QED) is 0.631. The molecule has 2 aliphatic heterocycles. The Morgan fingerprint density at radius 1 is 1.28 bits per heavy atom. The van der Waals surface area contributed by atoms with Gasteiger partial charge in [0.2, 0.25) is 5.91 Å². The van der Waals surface area contributed by atoms with Crippen LogP contribution in [0, 0.1) is 0 Å². The SMILES string of the molecule is CCNC(=NCC(=O)N1CCCC1)NCC1CCOc2ccccc21. The number of benzene rings is 1. The van der Waals surface area contributed by atoms with E-state index in [1.807, 2.05) is 24.0 Å². The summed E-state index contributed by atoms with van der Waals surface area (Å²) in [5, 5.41) is 6.62. The second-order valence-corrected chi connectivity index (χ2v) is 6.54. The van der Waals surface area contributed by atoms with Crippen molar-refractivity contribution in [2.45, 2.75) is 32.1 Å². The standard InChI is InChI=1S/C19H28N4O2/c1-2-20-19(22-14-18(24)23-10-5-6-11-23)21-13-15-9-12-25-17-8-4-3-7-16(15)17/h3-4,7-8,15H,2,5-6,9-14H2,1H3,(H2,20,21,22). The Kier molecular flexibility index (Phi) is 6.14. The first-order valence-corrected chi connectivity index (χ1v) is 9.29. The molecule has 6 heteroatoms. The number of carbonyl (C=O) groups is 1. The number of hydrogen-bond donors (Lipinski definition) is 2. The molecule has 136 valence electrons. The van der Waals surface area contributed by atoms with Crippen molar-refractivity contribution in [3.8, 4) is 5.75 Å². The molecule has 1 aromatic rings. The molecule has 1 aromatic carbocycles. The first-order chi connectivity index (χ1) is 12.3. The monoisotopic (exact) mass is 344 g/mol. The lowest BCUT2D eigenvalue weighted by molar-refractivity contribution is -0.128. The van der Waals surface area contributed by atoms with Crippen LogP contribution in [0.3, 0.4) is 0 Å². The van der Waals surface area contributed by atoms with Gasteiger partial charge in [0.05, 0.1) is 6.61 Å². The predicted octanol–water partition coefficient (Wildman–Crippen LogP) is 1.73. The van der Waals surface area contributed by atoms with Crippen molar-refractivity contribution in [1.29, 1.82) is 0 Å². The molecule has 3 rings (SSSR count). The number of aliphatic imine (C=N–C) groups is 1. The molecular weight excluding hydrogens is 316 g/mol. The molecule has 2 aliphatic rings. The normalized spacial score (nSPS) is 20.0. The third-order valence-corrected chi connectivity index (χ3v) is 4.77. The number of guanidine groups is 1. The molecule has 1 amide bonds. The van der Waals surface area contributed by atoms with Crippen molar-refractivity contribution in [3.63, 3.8) is 0 Å². The first kappa shape index (κ1) is 17.6. The molecule has 2 N–H and O–H groups in total. The minimum atomic E-state index is 0.117. The summed E-state index contributed by atoms with van der Waals surface area (Å²) in [6.07, 6.45) is 3.20. The highest BCUT2D eigenvalue weighted by Crippen LogP contribution is 2.32. The summed E-state index contributed by atoms with van der Waals surface area (Å²) >= 11 is 0. The van der Waals surface area contributed by atoms with E-state index in [2.05, 4.69) is 27.8 Å². The highest BCUT2D eigenvalue weighted by molar-refractivity contribution is 5.85. The number of nitrogens with zero attached hydrogens (tertiary/aromatic N) is 2. The number of rotatable bonds is 5. The first-order valence-electron chi connectivity index (χ1n) is 9.29. The Bertz CT molecular complexity index is 611. The third kappa shape index (κ3) is 4.65. The number of amides is 1. The van der Waals surface area contributed by atoms with Gasteiger partial charge in [-0.15, -0.1) is 0 Å². The lowest BCUT2D eigenvalue weighted by Gasteiger charge is -2.26. The average Bonchev–Trinajstić information content (AvgIpc) is 3.18. The number of fused-ring (bicyclic) bond motifs is 1. The molecule has 0 aromatic heterocycles. The summed E-state index contributed by atoms with van der Waals surface area (Å²) in [5.41, 5.74) is 1.24. The van der Waals surface area contributed by atoms with Gasteiger partial charge in [-0.25, -0.2) is 4.99 Å². The minimum absolute atomic E-state index is 0.117. The minimum Gasteiger partial charge on any atom is -0.493 e. The van der Waals surface area contributed by atoms with Gasteiger partial charge in [-0.05, 0) is 37.8 Å². The molecule has 1 saturated heterocycles. The summed E-state index contributed by atoms with van der Waals surface area (Å²) in [7, 11) is 0. The molecule has 25 heavy (non-hydrogen) atoms. The highest BCUT2D eigenvalue weighted by atomic mass is 16.5. The Morgan fingerprint density at radius 2 is 2.08 bits per heavy atom. The van der Waals surface area contributed by atoms with Gasteiger partial charge in [0.1, 0.15) is 12.3 Å². The number of carbonyl (C=O) groups excluding carboxylic acids is 1. The summed E-state index contributed by atoms with van der Waals surface area (Å²) < 4.78 is 5.72. The van der Waals surface area contributed by atoms with Gasteiger partial charge in [-0.2, -0.15) is 0 Å². The molecule has 0 saturated carbocycles. The lowest BCUT2D eigenvalue weighted by atomic mass is 9.93. The molecule has 0 radical (unpaired) electrons. The molecular formula is C19H28N4O2. The zero-order valence-electron chi connectivity index (χ0n) is 15.0. The molecule has 2 heterocycles. The molecule has 0 aliphatic carbocycles. The van der Waals surface area contributed by atoms with Gasteiger partial charge < -0.3 is 20.3 Å². The second kappa shape index (κ2) is 8.74. The van der Waals surface area contributed by atoms with Crippen molar-refractivity contribution in [2.24, 2.45) is 4.99 Å². The summed E-state index contributed by atoms with van der Waals surface area (Å²) in [5.74, 6) is 2.19. The average molecular weight is 344 g/mol. The lowest BCUT2D eigenvalue weighted by Crippen LogP contribution is -2.41. The van der Waals surface area contributed by atoms with Crippen LogP contribution in [-0.2, 0) is 4.79 Å². The van der Waals surface area contributed by atoms with Crippen LogP contribution in [0.4, 0.5) is 0 Å². The van der Waals surface area contributed by atoms with Gasteiger partial charge in [-0.3, -0.25) is 4.79 Å². The van der Waals surface area contributed by atoms with E-state index in [9.17, 15) is 4.79 Å². The van der Waals surface area contributed by atoms with Crippen LogP contribution in [0.2, 0.25) is 0 Å². The Labute approximate surface area is 149 Å². The van der Waals surface area contributed by atoms with E-state index in [4.69, 9.17) is 4.74 Å². The largest absolute Gasteiger partial charge is 0.493 e. The number of hydrogen-bond acceptors (Lipinski definition) is 3. The fourth-order valence-electron chi connectivity index (χ4n) is 3.40. The predicted molar refractivity (Wildman–Crippen MR) is 99.1 cm³/mol. The van der Waals surface area contributed by atoms with Crippen LogP contribution in [0.25, 0.3) is 0 Å². The molecule has 1 unspecified atom stereocenters. The van der Waals surface area contributed by atoms with Crippen LogP contribution in [-0.4, -0.2) is 56.1 Å². The fraction of sp³-hybridized carbons (Fsp3) is 0.579. The van der Waals surface area contributed by atoms with Crippen LogP contribution >= 0.6 is 0 Å². The Morgan fingerprint density at radius 3 is 2.88 bits per heavy atom. The Balaban J connectivity index is 1.57. The van der Waals surface area contributed by atoms with Crippen molar-refractivity contribution in [2.75, 3.05) is 39.3 Å². The summed E-state index contributed by atoms with van der Waals surface area (Å²) in [4.78, 5) is 18.5. The molecule has 6 nitrogen and oxygen atoms in total. The number of nitrogens with one attached hydrogen (secondary N) is 2. The van der Waals surface area contributed by atoms with Crippen molar-refractivity contribution < 1.29 is 9.53 Å². The van der Waals surface area contributed by atoms with Crippen LogP contribution in [0.5, 0.6) is 5.75 Å². The number of likely N-dealkylation sites (tertiary alicyclic amines) is 1. The van der Waals surface area contributed by atoms with E-state index in [0.717, 1.165) is 57.8 Å². The molecule has 0 bridgehead atoms. The van der Waals surface area contributed by atoms with E-state index in [1.165, 1.54) is 5.56 Å². The molecule has 1 atom stereocenters. The fourth-order valence-corrected chi connectivity index (χ4v) is 3.40. The zero-order valence-corrected chi connectivity index (χ0v) is 15.0.